The van der Waals surface area contributed by atoms with Crippen LogP contribution in [0.2, 0.25) is 0 Å². The molecule has 1 saturated carbocycles. The van der Waals surface area contributed by atoms with Crippen molar-refractivity contribution in [2.75, 3.05) is 11.1 Å². The minimum atomic E-state index is -3.67. The number of hydrogen-bond donors (Lipinski definition) is 2. The number of benzene rings is 1. The first-order valence-electron chi connectivity index (χ1n) is 6.60. The summed E-state index contributed by atoms with van der Waals surface area (Å²) in [5, 5.41) is 9.21. The summed E-state index contributed by atoms with van der Waals surface area (Å²) in [4.78, 5) is 4.91. The molecule has 1 spiro atoms. The lowest BCUT2D eigenvalue weighted by Gasteiger charge is -2.16. The van der Waals surface area contributed by atoms with Gasteiger partial charge in [0.25, 0.3) is 0 Å². The highest BCUT2D eigenvalue weighted by Gasteiger charge is 2.38. The quantitative estimate of drug-likeness (QED) is 0.876. The molecule has 0 amide bonds. The van der Waals surface area contributed by atoms with Gasteiger partial charge in [-0.15, -0.1) is 0 Å². The number of nitrogens with one attached hydrogen (secondary N) is 1. The largest absolute Gasteiger partial charge is 0.335 e. The van der Waals surface area contributed by atoms with Gasteiger partial charge in [-0.05, 0) is 31.0 Å². The van der Waals surface area contributed by atoms with Crippen molar-refractivity contribution in [3.8, 4) is 0 Å². The van der Waals surface area contributed by atoms with E-state index in [9.17, 15) is 8.42 Å². The Morgan fingerprint density at radius 1 is 1.30 bits per heavy atom. The van der Waals surface area contributed by atoms with Gasteiger partial charge in [0.1, 0.15) is 0 Å². The molecule has 1 aromatic rings. The molecule has 0 unspecified atom stereocenters. The van der Waals surface area contributed by atoms with E-state index in [4.69, 9.17) is 10.1 Å². The van der Waals surface area contributed by atoms with Crippen LogP contribution >= 0.6 is 11.8 Å². The fraction of sp³-hybridized carbons (Fsp3) is 0.462. The Morgan fingerprint density at radius 3 is 2.75 bits per heavy atom. The van der Waals surface area contributed by atoms with Crippen LogP contribution in [0.5, 0.6) is 0 Å². The molecule has 1 heterocycles. The lowest BCUT2D eigenvalue weighted by molar-refractivity contribution is 0.508. The van der Waals surface area contributed by atoms with E-state index < -0.39 is 10.0 Å². The van der Waals surface area contributed by atoms with Crippen molar-refractivity contribution in [2.24, 2.45) is 10.1 Å². The minimum Gasteiger partial charge on any atom is -0.335 e. The second-order valence-corrected chi connectivity index (χ2v) is 7.86. The van der Waals surface area contributed by atoms with Crippen molar-refractivity contribution in [3.63, 3.8) is 0 Å². The lowest BCUT2D eigenvalue weighted by Crippen LogP contribution is -2.21. The molecule has 5 nitrogen and oxygen atoms in total. The fourth-order valence-corrected chi connectivity index (χ4v) is 4.48. The van der Waals surface area contributed by atoms with Crippen molar-refractivity contribution in [1.29, 1.82) is 0 Å². The van der Waals surface area contributed by atoms with Crippen LogP contribution in [-0.2, 0) is 10.0 Å². The highest BCUT2D eigenvalue weighted by molar-refractivity contribution is 8.14. The van der Waals surface area contributed by atoms with E-state index in [1.54, 1.807) is 17.8 Å². The van der Waals surface area contributed by atoms with Gasteiger partial charge in [0, 0.05) is 11.4 Å². The Morgan fingerprint density at radius 2 is 2.05 bits per heavy atom. The summed E-state index contributed by atoms with van der Waals surface area (Å²) in [5.74, 6) is 1.02. The average Bonchev–Trinajstić information content (AvgIpc) is 3.00. The Kier molecular flexibility index (Phi) is 3.51. The highest BCUT2D eigenvalue weighted by atomic mass is 32.2. The molecule has 7 heteroatoms. The topological polar surface area (TPSA) is 84.5 Å². The predicted octanol–water partition coefficient (Wildman–Crippen LogP) is 2.16. The predicted molar refractivity (Wildman–Crippen MR) is 82.5 cm³/mol. The maximum atomic E-state index is 11.3. The summed E-state index contributed by atoms with van der Waals surface area (Å²) in [6, 6.07) is 6.52. The molecule has 1 aliphatic carbocycles. The monoisotopic (exact) mass is 311 g/mol. The van der Waals surface area contributed by atoms with Crippen molar-refractivity contribution >= 4 is 32.6 Å². The highest BCUT2D eigenvalue weighted by Crippen LogP contribution is 2.41. The zero-order valence-corrected chi connectivity index (χ0v) is 12.6. The summed E-state index contributed by atoms with van der Waals surface area (Å²) in [6.07, 6.45) is 4.81. The zero-order valence-electron chi connectivity index (χ0n) is 11.0. The number of aliphatic imine (C=N–C) groups is 1. The van der Waals surface area contributed by atoms with Crippen LogP contribution in [0.25, 0.3) is 0 Å². The van der Waals surface area contributed by atoms with Gasteiger partial charge in [0.05, 0.1) is 10.4 Å². The van der Waals surface area contributed by atoms with Crippen molar-refractivity contribution in [1.82, 2.24) is 0 Å². The number of sulfonamides is 1. The number of anilines is 1. The molecule has 108 valence electrons. The molecule has 20 heavy (non-hydrogen) atoms. The number of primary sulfonamides is 1. The van der Waals surface area contributed by atoms with Crippen molar-refractivity contribution in [3.05, 3.63) is 24.3 Å². The van der Waals surface area contributed by atoms with Gasteiger partial charge in [-0.1, -0.05) is 30.7 Å². The maximum Gasteiger partial charge on any atom is 0.238 e. The third-order valence-corrected chi connectivity index (χ3v) is 5.82. The molecule has 2 aliphatic rings. The van der Waals surface area contributed by atoms with E-state index in [1.807, 2.05) is 6.07 Å². The minimum absolute atomic E-state index is 0.113. The standard InChI is InChI=1S/C13H17N3O2S2/c14-20(17,18)11-5-3-4-10(8-11)15-12-16-13(9-19-12)6-1-2-7-13/h3-5,8H,1-2,6-7,9H2,(H,15,16)(H2,14,17,18). The molecule has 3 N–H and O–H groups in total. The third-order valence-electron chi connectivity index (χ3n) is 3.76. The Balaban J connectivity index is 1.79. The van der Waals surface area contributed by atoms with Crippen LogP contribution in [0.1, 0.15) is 25.7 Å². The van der Waals surface area contributed by atoms with E-state index in [2.05, 4.69) is 5.32 Å². The van der Waals surface area contributed by atoms with Gasteiger partial charge in [-0.3, -0.25) is 4.99 Å². The molecule has 0 aromatic heterocycles. The summed E-state index contributed by atoms with van der Waals surface area (Å²) in [7, 11) is -3.67. The summed E-state index contributed by atoms with van der Waals surface area (Å²) < 4.78 is 22.7. The molecule has 0 radical (unpaired) electrons. The first-order valence-corrected chi connectivity index (χ1v) is 9.13. The van der Waals surface area contributed by atoms with Crippen LogP contribution in [-0.4, -0.2) is 24.9 Å². The number of rotatable bonds is 2. The average molecular weight is 311 g/mol. The van der Waals surface area contributed by atoms with Crippen molar-refractivity contribution in [2.45, 2.75) is 36.1 Å². The van der Waals surface area contributed by atoms with E-state index in [0.29, 0.717) is 5.69 Å². The van der Waals surface area contributed by atoms with Gasteiger partial charge in [0.15, 0.2) is 5.17 Å². The van der Waals surface area contributed by atoms with Gasteiger partial charge < -0.3 is 5.32 Å². The number of nitrogens with two attached hydrogens (primary N) is 1. The number of amidine groups is 1. The summed E-state index contributed by atoms with van der Waals surface area (Å²) >= 11 is 1.70. The SMILES string of the molecule is NS(=O)(=O)c1cccc(NC2=NC3(CCCC3)CS2)c1. The number of hydrogen-bond acceptors (Lipinski definition) is 5. The van der Waals surface area contributed by atoms with E-state index in [-0.39, 0.29) is 10.4 Å². The molecule has 0 saturated heterocycles. The first-order chi connectivity index (χ1) is 9.47. The van der Waals surface area contributed by atoms with E-state index in [0.717, 1.165) is 23.8 Å². The van der Waals surface area contributed by atoms with Crippen LogP contribution in [0.4, 0.5) is 5.69 Å². The molecular weight excluding hydrogens is 294 g/mol. The number of thioether (sulfide) groups is 1. The molecular formula is C13H17N3O2S2. The van der Waals surface area contributed by atoms with Gasteiger partial charge in [-0.2, -0.15) is 0 Å². The molecule has 1 aliphatic heterocycles. The summed E-state index contributed by atoms with van der Waals surface area (Å²) in [5.41, 5.74) is 0.822. The Bertz CT molecular complexity index is 649. The maximum absolute atomic E-state index is 11.3. The second-order valence-electron chi connectivity index (χ2n) is 5.33. The second kappa shape index (κ2) is 5.05. The lowest BCUT2D eigenvalue weighted by atomic mass is 10.0. The van der Waals surface area contributed by atoms with Gasteiger partial charge in [0.2, 0.25) is 10.0 Å². The fourth-order valence-electron chi connectivity index (χ4n) is 2.71. The van der Waals surface area contributed by atoms with E-state index >= 15 is 0 Å². The van der Waals surface area contributed by atoms with Gasteiger partial charge >= 0.3 is 0 Å². The normalized spacial score (nSPS) is 21.1. The summed E-state index contributed by atoms with van der Waals surface area (Å²) in [6.45, 7) is 0. The van der Waals surface area contributed by atoms with E-state index in [1.165, 1.54) is 25.0 Å². The third kappa shape index (κ3) is 2.84. The Labute approximate surface area is 123 Å². The van der Waals surface area contributed by atoms with Crippen LogP contribution in [0, 0.1) is 0 Å². The first kappa shape index (κ1) is 13.9. The zero-order chi connectivity index (χ0) is 14.2. The van der Waals surface area contributed by atoms with Crippen molar-refractivity contribution < 1.29 is 8.42 Å². The number of nitrogens with zero attached hydrogens (tertiary/aromatic N) is 1. The van der Waals surface area contributed by atoms with Crippen LogP contribution in [0.15, 0.2) is 34.2 Å². The Hall–Kier alpha value is -1.05. The van der Waals surface area contributed by atoms with Crippen LogP contribution in [0.3, 0.4) is 0 Å². The molecule has 1 aromatic carbocycles. The van der Waals surface area contributed by atoms with Gasteiger partial charge in [-0.25, -0.2) is 13.6 Å². The molecule has 1 fully saturated rings. The molecule has 0 atom stereocenters. The molecule has 3 rings (SSSR count). The molecule has 0 bridgehead atoms. The van der Waals surface area contributed by atoms with Crippen LogP contribution < -0.4 is 10.5 Å². The smallest absolute Gasteiger partial charge is 0.238 e.